The van der Waals surface area contributed by atoms with Crippen molar-refractivity contribution in [2.45, 2.75) is 38.8 Å². The lowest BCUT2D eigenvalue weighted by Gasteiger charge is -2.24. The average molecular weight is 489 g/mol. The highest BCUT2D eigenvalue weighted by Crippen LogP contribution is 2.27. The molecule has 0 saturated heterocycles. The van der Waals surface area contributed by atoms with Gasteiger partial charge in [0.15, 0.2) is 5.69 Å². The number of benzene rings is 2. The number of halogens is 1. The number of alkyl carbamates (subject to hydrolysis) is 1. The Hall–Kier alpha value is -3.39. The number of aromatic nitrogens is 1. The highest BCUT2D eigenvalue weighted by atomic mass is 35.5. The van der Waals surface area contributed by atoms with Gasteiger partial charge in [-0.1, -0.05) is 35.9 Å². The molecule has 8 nitrogen and oxygen atoms in total. The Kier molecular flexibility index (Phi) is 7.94. The van der Waals surface area contributed by atoms with E-state index in [0.29, 0.717) is 17.0 Å². The third kappa shape index (κ3) is 6.35. The third-order valence-corrected chi connectivity index (χ3v) is 5.20. The number of hydrogen-bond acceptors (Lipinski definition) is 6. The van der Waals surface area contributed by atoms with Crippen LogP contribution in [0.2, 0.25) is 5.02 Å². The number of rotatable bonds is 8. The predicted octanol–water partition coefficient (Wildman–Crippen LogP) is 4.65. The van der Waals surface area contributed by atoms with Crippen LogP contribution in [0.4, 0.5) is 4.79 Å². The lowest BCUT2D eigenvalue weighted by atomic mass is 10.1. The predicted molar refractivity (Wildman–Crippen MR) is 130 cm³/mol. The number of amides is 1. The van der Waals surface area contributed by atoms with Gasteiger partial charge in [-0.2, -0.15) is 4.73 Å². The molecule has 0 aliphatic carbocycles. The van der Waals surface area contributed by atoms with Crippen LogP contribution in [0.25, 0.3) is 10.9 Å². The lowest BCUT2D eigenvalue weighted by Crippen LogP contribution is -2.44. The summed E-state index contributed by atoms with van der Waals surface area (Å²) in [7, 11) is 2.89. The minimum atomic E-state index is -0.655. The quantitative estimate of drug-likeness (QED) is 0.464. The van der Waals surface area contributed by atoms with Gasteiger partial charge in [0.05, 0.1) is 25.3 Å². The van der Waals surface area contributed by atoms with E-state index in [4.69, 9.17) is 30.6 Å². The number of para-hydroxylation sites is 1. The number of nitrogens with zero attached hydrogens (tertiary/aromatic N) is 1. The molecule has 0 bridgehead atoms. The molecule has 9 heteroatoms. The number of esters is 1. The monoisotopic (exact) mass is 488 g/mol. The van der Waals surface area contributed by atoms with Crippen LogP contribution in [-0.4, -0.2) is 49.3 Å². The van der Waals surface area contributed by atoms with E-state index in [1.807, 2.05) is 30.3 Å². The summed E-state index contributed by atoms with van der Waals surface area (Å²) in [5.41, 5.74) is 1.02. The Bertz CT molecular complexity index is 1150. The summed E-state index contributed by atoms with van der Waals surface area (Å²) in [5, 5.41) is 4.00. The summed E-state index contributed by atoms with van der Waals surface area (Å²) in [4.78, 5) is 30.9. The molecule has 0 aliphatic rings. The van der Waals surface area contributed by atoms with Gasteiger partial charge in [-0.25, -0.2) is 9.59 Å². The minimum absolute atomic E-state index is 0.0320. The van der Waals surface area contributed by atoms with Crippen molar-refractivity contribution in [2.75, 3.05) is 20.8 Å². The Labute approximate surface area is 203 Å². The highest BCUT2D eigenvalue weighted by Gasteiger charge is 2.23. The minimum Gasteiger partial charge on any atom is -0.497 e. The molecular formula is C25H29ClN2O6. The molecule has 1 unspecified atom stereocenters. The van der Waals surface area contributed by atoms with Gasteiger partial charge in [-0.3, -0.25) is 0 Å². The van der Waals surface area contributed by atoms with Crippen molar-refractivity contribution in [3.05, 3.63) is 64.8 Å². The van der Waals surface area contributed by atoms with Gasteiger partial charge in [0.1, 0.15) is 23.5 Å². The molecular weight excluding hydrogens is 460 g/mol. The maximum Gasteiger partial charge on any atom is 0.408 e. The topological polar surface area (TPSA) is 88.0 Å². The zero-order valence-corrected chi connectivity index (χ0v) is 20.6. The first-order valence-electron chi connectivity index (χ1n) is 10.8. The van der Waals surface area contributed by atoms with Crippen LogP contribution in [-0.2, 0) is 15.9 Å². The number of carbonyl (C=O) groups excluding carboxylic acids is 2. The molecule has 2 aromatic carbocycles. The summed E-state index contributed by atoms with van der Waals surface area (Å²) in [5.74, 6) is 0.159. The zero-order valence-electron chi connectivity index (χ0n) is 19.9. The van der Waals surface area contributed by atoms with Gasteiger partial charge in [0.25, 0.3) is 0 Å². The van der Waals surface area contributed by atoms with Gasteiger partial charge in [-0.05, 0) is 57.0 Å². The van der Waals surface area contributed by atoms with Crippen LogP contribution >= 0.6 is 11.6 Å². The number of methoxy groups -OCH3 is 2. The van der Waals surface area contributed by atoms with Crippen molar-refractivity contribution in [3.63, 3.8) is 0 Å². The zero-order chi connectivity index (χ0) is 24.9. The summed E-state index contributed by atoms with van der Waals surface area (Å²) in [6.45, 7) is 5.40. The van der Waals surface area contributed by atoms with Crippen molar-refractivity contribution in [3.8, 4) is 5.75 Å². The van der Waals surface area contributed by atoms with Crippen LogP contribution < -0.4 is 14.9 Å². The summed E-state index contributed by atoms with van der Waals surface area (Å²) in [6, 6.07) is 14.0. The second kappa shape index (κ2) is 10.7. The van der Waals surface area contributed by atoms with Crippen LogP contribution in [0.5, 0.6) is 5.75 Å². The van der Waals surface area contributed by atoms with Gasteiger partial charge < -0.3 is 24.4 Å². The van der Waals surface area contributed by atoms with Crippen molar-refractivity contribution < 1.29 is 28.6 Å². The van der Waals surface area contributed by atoms with Crippen LogP contribution in [0.15, 0.2) is 48.5 Å². The van der Waals surface area contributed by atoms with Gasteiger partial charge in [0.2, 0.25) is 0 Å². The standard InChI is InChI=1S/C25H29ClN2O6/c1-25(2,3)34-24(30)27-18(13-16-9-11-19(31-4)12-10-16)15-33-28-21(23(29)32-5)14-17-7-6-8-20(26)22(17)28/h6-12,14,18H,13,15H2,1-5H3,(H,27,30). The molecule has 0 saturated carbocycles. The first-order valence-corrected chi connectivity index (χ1v) is 11.1. The Balaban J connectivity index is 1.87. The van der Waals surface area contributed by atoms with E-state index in [1.54, 1.807) is 46.1 Å². The number of carbonyl (C=O) groups is 2. The van der Waals surface area contributed by atoms with E-state index < -0.39 is 23.7 Å². The molecule has 1 aromatic heterocycles. The number of fused-ring (bicyclic) bond motifs is 1. The normalized spacial score (nSPS) is 12.2. The maximum absolute atomic E-state index is 12.5. The van der Waals surface area contributed by atoms with Crippen LogP contribution in [0.1, 0.15) is 36.8 Å². The molecule has 0 aliphatic heterocycles. The fourth-order valence-corrected chi connectivity index (χ4v) is 3.66. The SMILES string of the molecule is COC(=O)c1cc2cccc(Cl)c2n1OCC(Cc1ccc(OC)cc1)NC(=O)OC(C)(C)C. The summed E-state index contributed by atoms with van der Waals surface area (Å²) in [6.07, 6.45) is -0.123. The molecule has 3 rings (SSSR count). The molecule has 1 amide bonds. The highest BCUT2D eigenvalue weighted by molar-refractivity contribution is 6.35. The van der Waals surface area contributed by atoms with E-state index in [1.165, 1.54) is 11.8 Å². The summed E-state index contributed by atoms with van der Waals surface area (Å²) >= 11 is 6.40. The smallest absolute Gasteiger partial charge is 0.408 e. The lowest BCUT2D eigenvalue weighted by molar-refractivity contribution is 0.0389. The average Bonchev–Trinajstić information content (AvgIpc) is 3.16. The van der Waals surface area contributed by atoms with Gasteiger partial charge in [0, 0.05) is 5.39 Å². The fraction of sp³-hybridized carbons (Fsp3) is 0.360. The Morgan fingerprint density at radius 2 is 1.79 bits per heavy atom. The molecule has 0 radical (unpaired) electrons. The maximum atomic E-state index is 12.5. The fourth-order valence-electron chi connectivity index (χ4n) is 3.41. The number of nitrogens with one attached hydrogen (secondary N) is 1. The molecule has 3 aromatic rings. The number of ether oxygens (including phenoxy) is 3. The molecule has 0 spiro atoms. The molecule has 34 heavy (non-hydrogen) atoms. The molecule has 1 atom stereocenters. The van der Waals surface area contributed by atoms with E-state index in [2.05, 4.69) is 5.32 Å². The van der Waals surface area contributed by atoms with Crippen molar-refractivity contribution in [1.82, 2.24) is 10.0 Å². The largest absolute Gasteiger partial charge is 0.497 e. The Morgan fingerprint density at radius 3 is 2.41 bits per heavy atom. The molecule has 1 N–H and O–H groups in total. The van der Waals surface area contributed by atoms with E-state index in [-0.39, 0.29) is 12.3 Å². The second-order valence-electron chi connectivity index (χ2n) is 8.68. The molecule has 182 valence electrons. The van der Waals surface area contributed by atoms with E-state index in [0.717, 1.165) is 16.7 Å². The van der Waals surface area contributed by atoms with Crippen molar-refractivity contribution in [1.29, 1.82) is 0 Å². The third-order valence-electron chi connectivity index (χ3n) is 4.89. The second-order valence-corrected chi connectivity index (χ2v) is 9.09. The first kappa shape index (κ1) is 25.2. The van der Waals surface area contributed by atoms with Crippen LogP contribution in [0.3, 0.4) is 0 Å². The molecule has 1 heterocycles. The van der Waals surface area contributed by atoms with E-state index >= 15 is 0 Å². The van der Waals surface area contributed by atoms with Gasteiger partial charge >= 0.3 is 12.1 Å². The first-order chi connectivity index (χ1) is 16.1. The number of hydrogen-bond donors (Lipinski definition) is 1. The Morgan fingerprint density at radius 1 is 1.09 bits per heavy atom. The molecule has 0 fully saturated rings. The summed E-state index contributed by atoms with van der Waals surface area (Å²) < 4.78 is 16.9. The van der Waals surface area contributed by atoms with Gasteiger partial charge in [-0.15, -0.1) is 0 Å². The van der Waals surface area contributed by atoms with Crippen molar-refractivity contribution in [2.24, 2.45) is 0 Å². The van der Waals surface area contributed by atoms with Crippen LogP contribution in [0, 0.1) is 0 Å². The van der Waals surface area contributed by atoms with Crippen molar-refractivity contribution >= 4 is 34.6 Å². The van der Waals surface area contributed by atoms with E-state index in [9.17, 15) is 9.59 Å².